The maximum Gasteiger partial charge on any atom is 0.200 e. The van der Waals surface area contributed by atoms with Crippen LogP contribution in [0.25, 0.3) is 0 Å². The lowest BCUT2D eigenvalue weighted by Crippen LogP contribution is -2.09. The molecule has 0 radical (unpaired) electrons. The van der Waals surface area contributed by atoms with Gasteiger partial charge in [-0.2, -0.15) is 0 Å². The van der Waals surface area contributed by atoms with Crippen LogP contribution in [0.4, 0.5) is 0 Å². The molecule has 0 aromatic rings. The predicted molar refractivity (Wildman–Crippen MR) is 39.5 cm³/mol. The van der Waals surface area contributed by atoms with Crippen molar-refractivity contribution in [1.82, 2.24) is 0 Å². The Morgan fingerprint density at radius 2 is 2.25 bits per heavy atom. The van der Waals surface area contributed by atoms with E-state index >= 15 is 0 Å². The fourth-order valence-electron chi connectivity index (χ4n) is 0.596. The van der Waals surface area contributed by atoms with Crippen molar-refractivity contribution in [3.8, 4) is 0 Å². The molecule has 0 bridgehead atoms. The average molecular weight is 130 g/mol. The van der Waals surface area contributed by atoms with Gasteiger partial charge < -0.3 is 4.43 Å². The summed E-state index contributed by atoms with van der Waals surface area (Å²) in [6.07, 6.45) is 2.07. The van der Waals surface area contributed by atoms with E-state index in [-0.39, 0.29) is 0 Å². The molecule has 0 N–H and O–H groups in total. The van der Waals surface area contributed by atoms with E-state index in [1.165, 1.54) is 6.04 Å². The summed E-state index contributed by atoms with van der Waals surface area (Å²) in [6, 6.07) is 1.20. The van der Waals surface area contributed by atoms with Crippen molar-refractivity contribution in [3.63, 3.8) is 0 Å². The topological polar surface area (TPSA) is 9.23 Å². The van der Waals surface area contributed by atoms with Crippen LogP contribution in [0, 0.1) is 0 Å². The van der Waals surface area contributed by atoms with Gasteiger partial charge in [0.2, 0.25) is 0 Å². The molecule has 1 unspecified atom stereocenters. The number of hydrogen-bond acceptors (Lipinski definition) is 1. The lowest BCUT2D eigenvalue weighted by atomic mass is 10.8. The minimum Gasteiger partial charge on any atom is -0.419 e. The van der Waals surface area contributed by atoms with Crippen molar-refractivity contribution in [2.75, 3.05) is 7.11 Å². The zero-order valence-corrected chi connectivity index (χ0v) is 7.00. The second kappa shape index (κ2) is 5.06. The molecule has 48 valence electrons. The molecule has 0 rings (SSSR count). The molecule has 2 heteroatoms. The molecule has 0 aliphatic rings. The van der Waals surface area contributed by atoms with E-state index < -0.39 is 9.04 Å². The smallest absolute Gasteiger partial charge is 0.200 e. The molecule has 1 nitrogen and oxygen atoms in total. The van der Waals surface area contributed by atoms with Gasteiger partial charge in [0.25, 0.3) is 0 Å². The average Bonchev–Trinajstić information content (AvgIpc) is 1.83. The third kappa shape index (κ3) is 2.99. The van der Waals surface area contributed by atoms with E-state index in [0.717, 1.165) is 0 Å². The predicted octanol–water partition coefficient (Wildman–Crippen LogP) is 1.49. The molecule has 0 aliphatic heterocycles. The van der Waals surface area contributed by atoms with Crippen molar-refractivity contribution >= 4 is 9.04 Å². The normalized spacial score (nSPS) is 14.9. The summed E-state index contributed by atoms with van der Waals surface area (Å²) >= 11 is 0. The minimum absolute atomic E-state index is 0.873. The lowest BCUT2D eigenvalue weighted by Gasteiger charge is -2.02. The Morgan fingerprint density at radius 3 is 2.38 bits per heavy atom. The summed E-state index contributed by atoms with van der Waals surface area (Å²) < 4.78 is 5.19. The van der Waals surface area contributed by atoms with Crippen LogP contribution < -0.4 is 0 Å². The van der Waals surface area contributed by atoms with E-state index in [9.17, 15) is 0 Å². The van der Waals surface area contributed by atoms with Gasteiger partial charge in [-0.15, -0.1) is 0 Å². The van der Waals surface area contributed by atoms with Crippen LogP contribution in [0.3, 0.4) is 0 Å². The number of rotatable bonds is 3. The first kappa shape index (κ1) is 7.92. The largest absolute Gasteiger partial charge is 0.419 e. The summed E-state index contributed by atoms with van der Waals surface area (Å²) in [7, 11) is 0.919. The first-order valence-electron chi connectivity index (χ1n) is 3.00. The zero-order valence-electron chi connectivity index (χ0n) is 5.85. The molecule has 0 saturated carbocycles. The van der Waals surface area contributed by atoms with Gasteiger partial charge in [-0.3, -0.25) is 0 Å². The lowest BCUT2D eigenvalue weighted by molar-refractivity contribution is 0.429. The van der Waals surface area contributed by atoms with E-state index in [1.54, 1.807) is 7.11 Å². The fraction of sp³-hybridized carbons (Fsp3) is 0.667. The highest BCUT2D eigenvalue weighted by Gasteiger charge is 1.97. The van der Waals surface area contributed by atoms with Gasteiger partial charge in [0.15, 0.2) is 9.04 Å². The van der Waals surface area contributed by atoms with E-state index in [0.29, 0.717) is 0 Å². The summed E-state index contributed by atoms with van der Waals surface area (Å²) in [6.45, 7) is 4.20. The number of allylic oxidation sites excluding steroid dienone is 1. The van der Waals surface area contributed by atoms with Crippen LogP contribution >= 0.6 is 0 Å². The van der Waals surface area contributed by atoms with Crippen molar-refractivity contribution in [3.05, 3.63) is 11.8 Å². The molecule has 8 heavy (non-hydrogen) atoms. The molecular formula is C6H14OSi. The van der Waals surface area contributed by atoms with E-state index in [2.05, 4.69) is 18.7 Å². The monoisotopic (exact) mass is 130 g/mol. The first-order valence-corrected chi connectivity index (χ1v) is 4.96. The van der Waals surface area contributed by atoms with Gasteiger partial charge in [-0.25, -0.2) is 0 Å². The molecule has 1 atom stereocenters. The van der Waals surface area contributed by atoms with Crippen LogP contribution in [0.2, 0.25) is 6.04 Å². The first-order chi connectivity index (χ1) is 3.85. The van der Waals surface area contributed by atoms with Crippen LogP contribution in [-0.2, 0) is 4.43 Å². The Labute approximate surface area is 53.1 Å². The Hall–Kier alpha value is -0.0831. The van der Waals surface area contributed by atoms with Crippen molar-refractivity contribution < 1.29 is 4.43 Å². The van der Waals surface area contributed by atoms with Gasteiger partial charge in [-0.05, 0) is 13.0 Å². The maximum atomic E-state index is 5.19. The zero-order chi connectivity index (χ0) is 6.41. The highest BCUT2D eigenvalue weighted by Crippen LogP contribution is 1.92. The van der Waals surface area contributed by atoms with Gasteiger partial charge >= 0.3 is 0 Å². The Bertz CT molecular complexity index is 66.9. The standard InChI is InChI=1S/C6H14OSi/c1-4-6-8(5-2)7-3/h4,6,8H,5H2,1-3H3. The van der Waals surface area contributed by atoms with Crippen LogP contribution in [-0.4, -0.2) is 16.2 Å². The maximum absolute atomic E-state index is 5.19. The van der Waals surface area contributed by atoms with E-state index in [1.807, 2.05) is 6.92 Å². The molecule has 0 heterocycles. The van der Waals surface area contributed by atoms with Crippen LogP contribution in [0.1, 0.15) is 13.8 Å². The SMILES string of the molecule is CC=C[SiH](CC)OC. The van der Waals surface area contributed by atoms with Crippen LogP contribution in [0.15, 0.2) is 11.8 Å². The molecule has 0 spiro atoms. The molecule has 0 fully saturated rings. The molecular weight excluding hydrogens is 116 g/mol. The summed E-state index contributed by atoms with van der Waals surface area (Å²) in [5, 5.41) is 0. The Morgan fingerprint density at radius 1 is 1.62 bits per heavy atom. The summed E-state index contributed by atoms with van der Waals surface area (Å²) in [4.78, 5) is 0. The van der Waals surface area contributed by atoms with Gasteiger partial charge in [0.1, 0.15) is 0 Å². The van der Waals surface area contributed by atoms with Crippen molar-refractivity contribution in [2.45, 2.75) is 19.9 Å². The highest BCUT2D eigenvalue weighted by atomic mass is 28.3. The van der Waals surface area contributed by atoms with Crippen molar-refractivity contribution in [2.24, 2.45) is 0 Å². The second-order valence-corrected chi connectivity index (χ2v) is 4.46. The molecule has 0 amide bonds. The van der Waals surface area contributed by atoms with Gasteiger partial charge in [-0.1, -0.05) is 18.7 Å². The van der Waals surface area contributed by atoms with Crippen LogP contribution in [0.5, 0.6) is 0 Å². The van der Waals surface area contributed by atoms with Crippen molar-refractivity contribution in [1.29, 1.82) is 0 Å². The summed E-state index contributed by atoms with van der Waals surface area (Å²) in [5.74, 6) is 0. The van der Waals surface area contributed by atoms with Gasteiger partial charge in [0, 0.05) is 7.11 Å². The quantitative estimate of drug-likeness (QED) is 0.526. The molecule has 0 aliphatic carbocycles. The molecule has 0 aromatic heterocycles. The van der Waals surface area contributed by atoms with Gasteiger partial charge in [0.05, 0.1) is 0 Å². The molecule has 0 saturated heterocycles. The third-order valence-corrected chi connectivity index (χ3v) is 3.34. The molecule has 0 aromatic carbocycles. The highest BCUT2D eigenvalue weighted by molar-refractivity contribution is 6.57. The number of hydrogen-bond donors (Lipinski definition) is 0. The Kier molecular flexibility index (Phi) is 5.01. The summed E-state index contributed by atoms with van der Waals surface area (Å²) in [5.41, 5.74) is 2.19. The Balaban J connectivity index is 3.36. The van der Waals surface area contributed by atoms with E-state index in [4.69, 9.17) is 4.43 Å². The minimum atomic E-state index is -0.873. The fourth-order valence-corrected chi connectivity index (χ4v) is 1.79. The second-order valence-electron chi connectivity index (χ2n) is 1.71. The third-order valence-electron chi connectivity index (χ3n) is 1.11.